The fourth-order valence-electron chi connectivity index (χ4n) is 4.38. The molecular weight excluding hydrogens is 446 g/mol. The first-order valence-corrected chi connectivity index (χ1v) is 12.5. The number of benzene rings is 3. The molecule has 34 heavy (non-hydrogen) atoms. The highest BCUT2D eigenvalue weighted by atomic mass is 32.2. The van der Waals surface area contributed by atoms with Crippen molar-refractivity contribution in [3.63, 3.8) is 0 Å². The highest BCUT2D eigenvalue weighted by molar-refractivity contribution is 7.92. The Balaban J connectivity index is 1.83. The van der Waals surface area contributed by atoms with E-state index in [9.17, 15) is 18.5 Å². The molecule has 0 amide bonds. The van der Waals surface area contributed by atoms with E-state index >= 15 is 0 Å². The maximum absolute atomic E-state index is 13.4. The number of hydrogen-bond acceptors (Lipinski definition) is 5. The predicted molar refractivity (Wildman–Crippen MR) is 134 cm³/mol. The summed E-state index contributed by atoms with van der Waals surface area (Å²) >= 11 is 0. The van der Waals surface area contributed by atoms with Gasteiger partial charge in [0, 0.05) is 17.6 Å². The summed E-state index contributed by atoms with van der Waals surface area (Å²) < 4.78 is 27.8. The van der Waals surface area contributed by atoms with Crippen molar-refractivity contribution >= 4 is 32.2 Å². The molecule has 0 bridgehead atoms. The van der Waals surface area contributed by atoms with Crippen molar-refractivity contribution in [1.29, 1.82) is 5.26 Å². The van der Waals surface area contributed by atoms with Crippen LogP contribution in [0.5, 0.6) is 0 Å². The van der Waals surface area contributed by atoms with E-state index in [0.717, 1.165) is 27.6 Å². The zero-order valence-electron chi connectivity index (χ0n) is 19.3. The molecule has 7 heteroatoms. The summed E-state index contributed by atoms with van der Waals surface area (Å²) in [5.74, 6) is -1.19. The normalized spacial score (nSPS) is 11.5. The van der Waals surface area contributed by atoms with Crippen molar-refractivity contribution in [2.24, 2.45) is 0 Å². The Morgan fingerprint density at radius 1 is 1.00 bits per heavy atom. The summed E-state index contributed by atoms with van der Waals surface area (Å²) in [6.07, 6.45) is 0. The Kier molecular flexibility index (Phi) is 6.03. The van der Waals surface area contributed by atoms with Gasteiger partial charge in [-0.05, 0) is 73.9 Å². The number of hydrogen-bond donors (Lipinski definition) is 1. The van der Waals surface area contributed by atoms with Crippen LogP contribution >= 0.6 is 0 Å². The van der Waals surface area contributed by atoms with Gasteiger partial charge in [-0.15, -0.1) is 0 Å². The van der Waals surface area contributed by atoms with Crippen LogP contribution in [0.3, 0.4) is 0 Å². The summed E-state index contributed by atoms with van der Waals surface area (Å²) in [6.45, 7) is 6.46. The van der Waals surface area contributed by atoms with E-state index in [1.54, 1.807) is 36.4 Å². The van der Waals surface area contributed by atoms with Crippen LogP contribution in [0.1, 0.15) is 38.3 Å². The number of nitrogens with two attached hydrogens (primary N) is 1. The number of nitriles is 1. The van der Waals surface area contributed by atoms with E-state index in [4.69, 9.17) is 5.73 Å². The summed E-state index contributed by atoms with van der Waals surface area (Å²) in [7, 11) is -3.89. The van der Waals surface area contributed by atoms with Crippen LogP contribution in [0.25, 0.3) is 10.9 Å². The van der Waals surface area contributed by atoms with Gasteiger partial charge in [0.05, 0.1) is 27.7 Å². The monoisotopic (exact) mass is 471 g/mol. The average molecular weight is 472 g/mol. The van der Waals surface area contributed by atoms with E-state index in [1.165, 1.54) is 12.1 Å². The van der Waals surface area contributed by atoms with Crippen LogP contribution in [0.2, 0.25) is 0 Å². The maximum Gasteiger partial charge on any atom is 0.194 e. The Labute approximate surface area is 199 Å². The Morgan fingerprint density at radius 3 is 2.35 bits per heavy atom. The lowest BCUT2D eigenvalue weighted by atomic mass is 9.99. The second kappa shape index (κ2) is 8.81. The third kappa shape index (κ3) is 4.45. The molecule has 0 aliphatic rings. The maximum atomic E-state index is 13.4. The van der Waals surface area contributed by atoms with Gasteiger partial charge in [-0.2, -0.15) is 5.26 Å². The van der Waals surface area contributed by atoms with Gasteiger partial charge in [-0.1, -0.05) is 29.8 Å². The summed E-state index contributed by atoms with van der Waals surface area (Å²) in [5, 5.41) is 10.2. The van der Waals surface area contributed by atoms with E-state index in [-0.39, 0.29) is 10.6 Å². The summed E-state index contributed by atoms with van der Waals surface area (Å²) in [4.78, 5) is 13.4. The molecule has 6 nitrogen and oxygen atoms in total. The highest BCUT2D eigenvalue weighted by Gasteiger charge is 2.24. The van der Waals surface area contributed by atoms with Crippen molar-refractivity contribution < 1.29 is 13.2 Å². The molecule has 0 aliphatic heterocycles. The van der Waals surface area contributed by atoms with Crippen LogP contribution in [-0.4, -0.2) is 24.5 Å². The van der Waals surface area contributed by atoms with Crippen molar-refractivity contribution in [1.82, 2.24) is 4.57 Å². The number of carbonyl (C=O) groups is 1. The molecular formula is C27H25N3O3S. The number of anilines is 1. The fraction of sp³-hybridized carbons (Fsp3) is 0.185. The standard InChI is InChI=1S/C27H25N3O3S/c1-17-9-18(2)24(19(3)10-17)15-30-25-11-20(14-28)7-8-21(25)12-26(30)27(31)16-34(32,33)23-6-4-5-22(29)13-23/h4-13H,15-16,29H2,1-3H3. The van der Waals surface area contributed by atoms with Gasteiger partial charge in [0.25, 0.3) is 0 Å². The first kappa shape index (κ1) is 23.3. The van der Waals surface area contributed by atoms with Gasteiger partial charge < -0.3 is 10.3 Å². The molecule has 0 saturated heterocycles. The number of aryl methyl sites for hydroxylation is 3. The number of nitrogen functional groups attached to an aromatic ring is 1. The Bertz CT molecular complexity index is 1570. The third-order valence-electron chi connectivity index (χ3n) is 6.01. The molecule has 3 aromatic carbocycles. The molecule has 4 rings (SSSR count). The minimum absolute atomic E-state index is 0.0144. The molecule has 0 unspecified atom stereocenters. The van der Waals surface area contributed by atoms with Crippen LogP contribution in [0, 0.1) is 32.1 Å². The molecule has 0 spiro atoms. The topological polar surface area (TPSA) is 106 Å². The molecule has 0 radical (unpaired) electrons. The van der Waals surface area contributed by atoms with Gasteiger partial charge in [0.15, 0.2) is 15.6 Å². The number of rotatable bonds is 6. The number of aromatic nitrogens is 1. The quantitative estimate of drug-likeness (QED) is 0.323. The first-order valence-electron chi connectivity index (χ1n) is 10.8. The zero-order chi connectivity index (χ0) is 24.6. The molecule has 0 saturated carbocycles. The van der Waals surface area contributed by atoms with E-state index in [0.29, 0.717) is 23.3 Å². The number of nitrogens with zero attached hydrogens (tertiary/aromatic N) is 2. The number of carbonyl (C=O) groups excluding carboxylic acids is 1. The summed E-state index contributed by atoms with van der Waals surface area (Å²) in [6, 6.07) is 19.1. The van der Waals surface area contributed by atoms with Crippen LogP contribution in [0.4, 0.5) is 5.69 Å². The van der Waals surface area contributed by atoms with Crippen LogP contribution in [-0.2, 0) is 16.4 Å². The van der Waals surface area contributed by atoms with E-state index < -0.39 is 21.4 Å². The number of fused-ring (bicyclic) bond motifs is 1. The van der Waals surface area contributed by atoms with Gasteiger partial charge >= 0.3 is 0 Å². The molecule has 0 aliphatic carbocycles. The van der Waals surface area contributed by atoms with Gasteiger partial charge in [0.2, 0.25) is 0 Å². The molecule has 1 aromatic heterocycles. The number of sulfone groups is 1. The average Bonchev–Trinajstić information content (AvgIpc) is 3.13. The fourth-order valence-corrected chi connectivity index (χ4v) is 5.64. The van der Waals surface area contributed by atoms with Crippen molar-refractivity contribution in [3.05, 3.63) is 94.2 Å². The molecule has 172 valence electrons. The smallest absolute Gasteiger partial charge is 0.194 e. The molecule has 0 fully saturated rings. The van der Waals surface area contributed by atoms with Crippen molar-refractivity contribution in [2.75, 3.05) is 11.5 Å². The second-order valence-corrected chi connectivity index (χ2v) is 10.6. The lowest BCUT2D eigenvalue weighted by molar-refractivity contribution is 0.101. The Hall–Kier alpha value is -3.89. The van der Waals surface area contributed by atoms with Gasteiger partial charge in [-0.3, -0.25) is 4.79 Å². The van der Waals surface area contributed by atoms with Crippen molar-refractivity contribution in [2.45, 2.75) is 32.2 Å². The lowest BCUT2D eigenvalue weighted by Gasteiger charge is -2.16. The molecule has 4 aromatic rings. The second-order valence-electron chi connectivity index (χ2n) is 8.63. The molecule has 2 N–H and O–H groups in total. The lowest BCUT2D eigenvalue weighted by Crippen LogP contribution is -2.20. The minimum atomic E-state index is -3.89. The SMILES string of the molecule is Cc1cc(C)c(Cn2c(C(=O)CS(=O)(=O)c3cccc(N)c3)cc3ccc(C#N)cc32)c(C)c1. The third-order valence-corrected chi connectivity index (χ3v) is 7.63. The van der Waals surface area contributed by atoms with Crippen LogP contribution < -0.4 is 5.73 Å². The van der Waals surface area contributed by atoms with Crippen LogP contribution in [0.15, 0.2) is 65.6 Å². The van der Waals surface area contributed by atoms with E-state index in [1.807, 2.05) is 25.3 Å². The zero-order valence-corrected chi connectivity index (χ0v) is 20.1. The minimum Gasteiger partial charge on any atom is -0.399 e. The van der Waals surface area contributed by atoms with Gasteiger partial charge in [-0.25, -0.2) is 8.42 Å². The molecule has 1 heterocycles. The Morgan fingerprint density at radius 2 is 1.71 bits per heavy atom. The van der Waals surface area contributed by atoms with Gasteiger partial charge in [0.1, 0.15) is 5.75 Å². The van der Waals surface area contributed by atoms with Crippen molar-refractivity contribution in [3.8, 4) is 6.07 Å². The number of Topliss-reactive ketones (excluding diaryl/α,β-unsaturated/α-hetero) is 1. The highest BCUT2D eigenvalue weighted by Crippen LogP contribution is 2.27. The van der Waals surface area contributed by atoms with E-state index in [2.05, 4.69) is 18.2 Å². The number of ketones is 1. The molecule has 0 atom stereocenters. The largest absolute Gasteiger partial charge is 0.399 e. The summed E-state index contributed by atoms with van der Waals surface area (Å²) in [5.41, 5.74) is 11.9. The first-order chi connectivity index (χ1) is 16.1. The predicted octanol–water partition coefficient (Wildman–Crippen LogP) is 4.73.